The summed E-state index contributed by atoms with van der Waals surface area (Å²) >= 11 is 0. The minimum Gasteiger partial charge on any atom is -0.494 e. The van der Waals surface area contributed by atoms with Crippen molar-refractivity contribution in [2.45, 2.75) is 25.7 Å². The van der Waals surface area contributed by atoms with Crippen LogP contribution in [0.2, 0.25) is 0 Å². The van der Waals surface area contributed by atoms with E-state index in [1.54, 1.807) is 19.2 Å². The molecule has 1 aromatic heterocycles. The van der Waals surface area contributed by atoms with Crippen molar-refractivity contribution >= 4 is 17.0 Å². The van der Waals surface area contributed by atoms with Crippen LogP contribution in [0.15, 0.2) is 42.5 Å². The third kappa shape index (κ3) is 3.22. The fourth-order valence-corrected chi connectivity index (χ4v) is 3.13. The number of H-pyrrole nitrogens is 1. The fraction of sp³-hybridized carbons (Fsp3) is 0.300. The number of rotatable bonds is 6. The number of hydrogen-bond acceptors (Lipinski definition) is 4. The zero-order valence-electron chi connectivity index (χ0n) is 14.7. The number of esters is 1. The average molecular weight is 338 g/mol. The van der Waals surface area contributed by atoms with Crippen molar-refractivity contribution in [3.8, 4) is 5.75 Å². The van der Waals surface area contributed by atoms with Gasteiger partial charge in [0.1, 0.15) is 17.1 Å². The molecule has 1 heterocycles. The van der Waals surface area contributed by atoms with Crippen LogP contribution in [0.1, 0.15) is 47.4 Å². The Morgan fingerprint density at radius 1 is 1.16 bits per heavy atom. The van der Waals surface area contributed by atoms with Gasteiger partial charge < -0.3 is 14.5 Å². The van der Waals surface area contributed by atoms with E-state index in [4.69, 9.17) is 14.5 Å². The zero-order chi connectivity index (χ0) is 17.8. The number of fused-ring (bicyclic) bond motifs is 1. The molecule has 0 saturated heterocycles. The summed E-state index contributed by atoms with van der Waals surface area (Å²) in [6.07, 6.45) is 1.98. The van der Waals surface area contributed by atoms with Gasteiger partial charge in [-0.3, -0.25) is 0 Å². The quantitative estimate of drug-likeness (QED) is 0.681. The SMILES string of the molecule is CCCC(c1ccccc1)c1nc2c(OC)ccc(C(=O)OC)c2[nH]1. The molecule has 0 spiro atoms. The molecule has 0 radical (unpaired) electrons. The van der Waals surface area contributed by atoms with Crippen LogP contribution in [0.4, 0.5) is 0 Å². The van der Waals surface area contributed by atoms with E-state index >= 15 is 0 Å². The molecule has 3 rings (SSSR count). The molecule has 0 fully saturated rings. The van der Waals surface area contributed by atoms with E-state index < -0.39 is 5.97 Å². The molecular formula is C20H22N2O3. The van der Waals surface area contributed by atoms with Gasteiger partial charge in [0.15, 0.2) is 0 Å². The Morgan fingerprint density at radius 3 is 2.56 bits per heavy atom. The lowest BCUT2D eigenvalue weighted by Gasteiger charge is -2.13. The number of hydrogen-bond donors (Lipinski definition) is 1. The maximum absolute atomic E-state index is 12.1. The van der Waals surface area contributed by atoms with Gasteiger partial charge in [0, 0.05) is 5.92 Å². The number of nitrogens with zero attached hydrogens (tertiary/aromatic N) is 1. The van der Waals surface area contributed by atoms with E-state index in [-0.39, 0.29) is 5.92 Å². The molecule has 0 bridgehead atoms. The van der Waals surface area contributed by atoms with Crippen molar-refractivity contribution in [3.63, 3.8) is 0 Å². The van der Waals surface area contributed by atoms with Crippen molar-refractivity contribution in [2.24, 2.45) is 0 Å². The van der Waals surface area contributed by atoms with E-state index in [9.17, 15) is 4.79 Å². The molecule has 3 aromatic rings. The summed E-state index contributed by atoms with van der Waals surface area (Å²) in [5.41, 5.74) is 2.96. The normalized spacial score (nSPS) is 12.1. The first-order valence-electron chi connectivity index (χ1n) is 8.39. The Bertz CT molecular complexity index is 871. The fourth-order valence-electron chi connectivity index (χ4n) is 3.13. The summed E-state index contributed by atoms with van der Waals surface area (Å²) in [5.74, 6) is 1.20. The molecule has 0 aliphatic carbocycles. The van der Waals surface area contributed by atoms with Crippen LogP contribution in [-0.4, -0.2) is 30.2 Å². The lowest BCUT2D eigenvalue weighted by molar-refractivity contribution is 0.0603. The first-order valence-corrected chi connectivity index (χ1v) is 8.39. The molecule has 25 heavy (non-hydrogen) atoms. The van der Waals surface area contributed by atoms with Crippen molar-refractivity contribution < 1.29 is 14.3 Å². The topological polar surface area (TPSA) is 64.2 Å². The molecule has 0 aliphatic heterocycles. The second kappa shape index (κ2) is 7.38. The number of nitrogens with one attached hydrogen (secondary N) is 1. The van der Waals surface area contributed by atoms with Crippen LogP contribution in [-0.2, 0) is 4.74 Å². The van der Waals surface area contributed by atoms with Gasteiger partial charge in [0.05, 0.1) is 25.3 Å². The highest BCUT2D eigenvalue weighted by molar-refractivity contribution is 6.03. The summed E-state index contributed by atoms with van der Waals surface area (Å²) in [5, 5.41) is 0. The highest BCUT2D eigenvalue weighted by Gasteiger charge is 2.22. The highest BCUT2D eigenvalue weighted by Crippen LogP contribution is 2.33. The van der Waals surface area contributed by atoms with Gasteiger partial charge in [0.25, 0.3) is 0 Å². The van der Waals surface area contributed by atoms with Gasteiger partial charge in [-0.1, -0.05) is 43.7 Å². The van der Waals surface area contributed by atoms with E-state index in [2.05, 4.69) is 24.0 Å². The van der Waals surface area contributed by atoms with Crippen LogP contribution >= 0.6 is 0 Å². The molecule has 2 aromatic carbocycles. The molecule has 0 amide bonds. The molecule has 5 heteroatoms. The van der Waals surface area contributed by atoms with Crippen molar-refractivity contribution in [2.75, 3.05) is 14.2 Å². The van der Waals surface area contributed by atoms with Crippen LogP contribution in [0.3, 0.4) is 0 Å². The number of imidazole rings is 1. The second-order valence-electron chi connectivity index (χ2n) is 5.90. The van der Waals surface area contributed by atoms with E-state index in [1.165, 1.54) is 12.7 Å². The number of benzene rings is 2. The van der Waals surface area contributed by atoms with Gasteiger partial charge >= 0.3 is 5.97 Å². The van der Waals surface area contributed by atoms with Crippen LogP contribution in [0.25, 0.3) is 11.0 Å². The summed E-state index contributed by atoms with van der Waals surface area (Å²) in [6, 6.07) is 13.7. The largest absolute Gasteiger partial charge is 0.494 e. The number of aromatic amines is 1. The molecule has 1 unspecified atom stereocenters. The molecule has 0 aliphatic rings. The van der Waals surface area contributed by atoms with Gasteiger partial charge in [-0.2, -0.15) is 0 Å². The number of ether oxygens (including phenoxy) is 2. The van der Waals surface area contributed by atoms with Gasteiger partial charge in [0.2, 0.25) is 0 Å². The molecule has 1 N–H and O–H groups in total. The summed E-state index contributed by atoms with van der Waals surface area (Å²) in [7, 11) is 2.97. The molecule has 0 saturated carbocycles. The Kier molecular flexibility index (Phi) is 5.03. The van der Waals surface area contributed by atoms with Crippen molar-refractivity contribution in [1.29, 1.82) is 0 Å². The third-order valence-electron chi connectivity index (χ3n) is 4.36. The zero-order valence-corrected chi connectivity index (χ0v) is 14.7. The van der Waals surface area contributed by atoms with Gasteiger partial charge in [-0.05, 0) is 24.1 Å². The first-order chi connectivity index (χ1) is 12.2. The monoisotopic (exact) mass is 338 g/mol. The number of aromatic nitrogens is 2. The summed E-state index contributed by atoms with van der Waals surface area (Å²) in [6.45, 7) is 2.15. The molecule has 1 atom stereocenters. The number of methoxy groups -OCH3 is 2. The van der Waals surface area contributed by atoms with Crippen LogP contribution in [0, 0.1) is 0 Å². The predicted molar refractivity (Wildman–Crippen MR) is 97.2 cm³/mol. The number of carbonyl (C=O) groups excluding carboxylic acids is 1. The lowest BCUT2D eigenvalue weighted by atomic mass is 9.94. The van der Waals surface area contributed by atoms with Crippen LogP contribution < -0.4 is 4.74 Å². The predicted octanol–water partition coefficient (Wildman–Crippen LogP) is 4.29. The second-order valence-corrected chi connectivity index (χ2v) is 5.90. The minimum absolute atomic E-state index is 0.133. The average Bonchev–Trinajstić information content (AvgIpc) is 3.10. The summed E-state index contributed by atoms with van der Waals surface area (Å²) < 4.78 is 10.3. The number of carbonyl (C=O) groups is 1. The Hall–Kier alpha value is -2.82. The molecular weight excluding hydrogens is 316 g/mol. The highest BCUT2D eigenvalue weighted by atomic mass is 16.5. The molecule has 5 nitrogen and oxygen atoms in total. The maximum Gasteiger partial charge on any atom is 0.340 e. The van der Waals surface area contributed by atoms with Gasteiger partial charge in [-0.15, -0.1) is 0 Å². The Labute approximate surface area is 147 Å². The first kappa shape index (κ1) is 17.0. The van der Waals surface area contributed by atoms with E-state index in [1.807, 2.05) is 18.2 Å². The Morgan fingerprint density at radius 2 is 1.92 bits per heavy atom. The smallest absolute Gasteiger partial charge is 0.340 e. The standard InChI is InChI=1S/C20H22N2O3/c1-4-8-14(13-9-6-5-7-10-13)19-21-17-15(20(23)25-3)11-12-16(24-2)18(17)22-19/h5-7,9-12,14H,4,8H2,1-3H3,(H,21,22). The Balaban J connectivity index is 2.17. The van der Waals surface area contributed by atoms with Crippen molar-refractivity contribution in [1.82, 2.24) is 9.97 Å². The van der Waals surface area contributed by atoms with Gasteiger partial charge in [-0.25, -0.2) is 9.78 Å². The van der Waals surface area contributed by atoms with Crippen LogP contribution in [0.5, 0.6) is 5.75 Å². The maximum atomic E-state index is 12.1. The minimum atomic E-state index is -0.394. The molecule has 130 valence electrons. The van der Waals surface area contributed by atoms with Crippen molar-refractivity contribution in [3.05, 3.63) is 59.4 Å². The lowest BCUT2D eigenvalue weighted by Crippen LogP contribution is -2.04. The van der Waals surface area contributed by atoms with E-state index in [0.717, 1.165) is 18.7 Å². The van der Waals surface area contributed by atoms with E-state index in [0.29, 0.717) is 22.3 Å². The summed E-state index contributed by atoms with van der Waals surface area (Å²) in [4.78, 5) is 20.2. The third-order valence-corrected chi connectivity index (χ3v) is 4.36.